The van der Waals surface area contributed by atoms with Crippen molar-refractivity contribution < 1.29 is 14.4 Å². The zero-order chi connectivity index (χ0) is 24.7. The van der Waals surface area contributed by atoms with Gasteiger partial charge in [-0.25, -0.2) is 9.59 Å². The number of hydrogen-bond donors (Lipinski definition) is 0. The number of para-hydroxylation sites is 1. The van der Waals surface area contributed by atoms with E-state index in [1.807, 2.05) is 38.1 Å². The van der Waals surface area contributed by atoms with E-state index in [1.165, 1.54) is 25.8 Å². The number of ether oxygens (including phenoxy) is 1. The van der Waals surface area contributed by atoms with Gasteiger partial charge in [0, 0.05) is 20.6 Å². The van der Waals surface area contributed by atoms with Crippen LogP contribution < -0.4 is 20.9 Å². The minimum Gasteiger partial charge on any atom is -0.406 e. The summed E-state index contributed by atoms with van der Waals surface area (Å²) in [5, 5.41) is 1.00. The van der Waals surface area contributed by atoms with Crippen LogP contribution in [0.1, 0.15) is 18.7 Å². The molecule has 34 heavy (non-hydrogen) atoms. The minimum absolute atomic E-state index is 0.0224. The molecular formula is C22H24N4O6S2. The fourth-order valence-corrected chi connectivity index (χ4v) is 5.72. The molecule has 1 amide bonds. The zero-order valence-corrected chi connectivity index (χ0v) is 21.0. The van der Waals surface area contributed by atoms with Crippen molar-refractivity contribution in [1.82, 2.24) is 18.8 Å². The molecule has 4 rings (SSSR count). The molecule has 3 aromatic heterocycles. The summed E-state index contributed by atoms with van der Waals surface area (Å²) < 4.78 is 10.5. The Kier molecular flexibility index (Phi) is 6.47. The Bertz CT molecular complexity index is 1570. The molecule has 0 N–H and O–H groups in total. The van der Waals surface area contributed by atoms with Crippen molar-refractivity contribution in [2.45, 2.75) is 26.9 Å². The van der Waals surface area contributed by atoms with Crippen LogP contribution in [0.4, 0.5) is 4.79 Å². The van der Waals surface area contributed by atoms with Crippen molar-refractivity contribution in [1.29, 1.82) is 0 Å². The molecule has 12 heteroatoms. The number of rotatable bonds is 6. The summed E-state index contributed by atoms with van der Waals surface area (Å²) in [7, 11) is 4.08. The van der Waals surface area contributed by atoms with E-state index in [0.29, 0.717) is 16.3 Å². The number of benzene rings is 1. The molecule has 0 aliphatic heterocycles. The summed E-state index contributed by atoms with van der Waals surface area (Å²) in [6.45, 7) is 4.36. The third-order valence-corrected chi connectivity index (χ3v) is 7.48. The van der Waals surface area contributed by atoms with Crippen LogP contribution in [0.25, 0.3) is 20.4 Å². The predicted molar refractivity (Wildman–Crippen MR) is 132 cm³/mol. The molecule has 0 saturated heterocycles. The largest absolute Gasteiger partial charge is 0.439 e. The van der Waals surface area contributed by atoms with Crippen LogP contribution in [-0.2, 0) is 25.0 Å². The Morgan fingerprint density at radius 2 is 1.82 bits per heavy atom. The van der Waals surface area contributed by atoms with Crippen molar-refractivity contribution in [3.05, 3.63) is 59.6 Å². The van der Waals surface area contributed by atoms with Gasteiger partial charge in [-0.1, -0.05) is 37.3 Å². The number of thiophene rings is 1. The third kappa shape index (κ3) is 4.08. The first-order chi connectivity index (χ1) is 16.1. The molecular weight excluding hydrogens is 480 g/mol. The molecule has 3 heterocycles. The summed E-state index contributed by atoms with van der Waals surface area (Å²) in [6, 6.07) is 7.37. The van der Waals surface area contributed by atoms with E-state index in [4.69, 9.17) is 9.57 Å². The van der Waals surface area contributed by atoms with E-state index >= 15 is 0 Å². The average Bonchev–Trinajstić information content (AvgIpc) is 3.32. The first-order valence-electron chi connectivity index (χ1n) is 10.5. The highest BCUT2D eigenvalue weighted by atomic mass is 32.1. The minimum atomic E-state index is -0.838. The summed E-state index contributed by atoms with van der Waals surface area (Å²) in [6.07, 6.45) is -0.838. The van der Waals surface area contributed by atoms with Crippen molar-refractivity contribution in [3.8, 4) is 5.75 Å². The summed E-state index contributed by atoms with van der Waals surface area (Å²) in [5.41, 5.74) is -0.300. The van der Waals surface area contributed by atoms with E-state index in [1.54, 1.807) is 4.57 Å². The molecule has 0 aliphatic carbocycles. The first-order valence-corrected chi connectivity index (χ1v) is 12.1. The van der Waals surface area contributed by atoms with Crippen LogP contribution in [0, 0.1) is 5.92 Å². The number of thiazole rings is 1. The van der Waals surface area contributed by atoms with Gasteiger partial charge < -0.3 is 4.74 Å². The fraction of sp³-hybridized carbons (Fsp3) is 0.364. The maximum atomic E-state index is 13.2. The maximum Gasteiger partial charge on any atom is 0.439 e. The SMILES string of the molecule is CON(C)C(=O)Oc1c(Cn2c(=O)sc3ccccc32)sc2c1c(=O)n(C)c(=O)n2CC(C)C. The molecule has 0 spiro atoms. The number of hydrogen-bond acceptors (Lipinski definition) is 8. The van der Waals surface area contributed by atoms with Crippen molar-refractivity contribution >= 4 is 49.2 Å². The van der Waals surface area contributed by atoms with Gasteiger partial charge in [0.2, 0.25) is 0 Å². The normalized spacial score (nSPS) is 11.6. The fourth-order valence-electron chi connectivity index (χ4n) is 3.62. The predicted octanol–water partition coefficient (Wildman–Crippen LogP) is 2.83. The Morgan fingerprint density at radius 3 is 2.50 bits per heavy atom. The van der Waals surface area contributed by atoms with Gasteiger partial charge >= 0.3 is 16.7 Å². The highest BCUT2D eigenvalue weighted by Gasteiger charge is 2.26. The standard InChI is InChI=1S/C22H24N4O6S2/c1-12(2)10-26-19-16(18(27)23(3)20(26)28)17(32-21(29)24(4)31-5)15(33-19)11-25-13-8-6-7-9-14(13)34-22(25)30/h6-9,12H,10-11H2,1-5H3. The van der Waals surface area contributed by atoms with Gasteiger partial charge in [0.25, 0.3) is 5.56 Å². The Hall–Kier alpha value is -3.22. The molecule has 1 aromatic carbocycles. The molecule has 0 atom stereocenters. The van der Waals surface area contributed by atoms with Crippen molar-refractivity contribution in [2.75, 3.05) is 14.2 Å². The van der Waals surface area contributed by atoms with Crippen LogP contribution in [0.5, 0.6) is 5.75 Å². The van der Waals surface area contributed by atoms with Crippen LogP contribution in [0.15, 0.2) is 38.6 Å². The van der Waals surface area contributed by atoms with E-state index < -0.39 is 17.3 Å². The molecule has 10 nitrogen and oxygen atoms in total. The summed E-state index contributed by atoms with van der Waals surface area (Å²) >= 11 is 2.27. The summed E-state index contributed by atoms with van der Waals surface area (Å²) in [5.74, 6) is 0.146. The lowest BCUT2D eigenvalue weighted by Crippen LogP contribution is -2.38. The van der Waals surface area contributed by atoms with E-state index in [-0.39, 0.29) is 28.5 Å². The average molecular weight is 505 g/mol. The van der Waals surface area contributed by atoms with Gasteiger partial charge in [0.1, 0.15) is 10.2 Å². The Balaban J connectivity index is 2.00. The lowest BCUT2D eigenvalue weighted by molar-refractivity contribution is -0.0789. The molecule has 0 aliphatic rings. The van der Waals surface area contributed by atoms with Crippen LogP contribution >= 0.6 is 22.7 Å². The highest BCUT2D eigenvalue weighted by molar-refractivity contribution is 7.19. The molecule has 0 radical (unpaired) electrons. The molecule has 4 aromatic rings. The molecule has 0 unspecified atom stereocenters. The van der Waals surface area contributed by atoms with Crippen molar-refractivity contribution in [3.63, 3.8) is 0 Å². The number of fused-ring (bicyclic) bond motifs is 2. The first kappa shape index (κ1) is 23.9. The van der Waals surface area contributed by atoms with Gasteiger partial charge in [0.15, 0.2) is 5.75 Å². The smallest absolute Gasteiger partial charge is 0.406 e. The lowest BCUT2D eigenvalue weighted by atomic mass is 10.2. The van der Waals surface area contributed by atoms with Crippen LogP contribution in [0.2, 0.25) is 0 Å². The maximum absolute atomic E-state index is 13.2. The van der Waals surface area contributed by atoms with Crippen molar-refractivity contribution in [2.24, 2.45) is 13.0 Å². The van der Waals surface area contributed by atoms with Gasteiger partial charge in [-0.15, -0.1) is 11.3 Å². The van der Waals surface area contributed by atoms with E-state index in [2.05, 4.69) is 0 Å². The van der Waals surface area contributed by atoms with E-state index in [0.717, 1.165) is 42.5 Å². The Morgan fingerprint density at radius 1 is 1.12 bits per heavy atom. The van der Waals surface area contributed by atoms with Gasteiger partial charge in [-0.05, 0) is 18.1 Å². The molecule has 0 fully saturated rings. The Labute approximate surface area is 201 Å². The van der Waals surface area contributed by atoms with Gasteiger partial charge in [-0.3, -0.25) is 28.1 Å². The van der Waals surface area contributed by atoms with Gasteiger partial charge in [0.05, 0.1) is 28.7 Å². The lowest BCUT2D eigenvalue weighted by Gasteiger charge is -2.14. The van der Waals surface area contributed by atoms with Crippen LogP contribution in [0.3, 0.4) is 0 Å². The summed E-state index contributed by atoms with van der Waals surface area (Å²) in [4.78, 5) is 57.0. The monoisotopic (exact) mass is 504 g/mol. The highest BCUT2D eigenvalue weighted by Crippen LogP contribution is 2.37. The molecule has 0 saturated carbocycles. The number of carbonyl (C=O) groups is 1. The number of amides is 1. The quantitative estimate of drug-likeness (QED) is 0.374. The molecule has 180 valence electrons. The number of nitrogens with zero attached hydrogens (tertiary/aromatic N) is 4. The second kappa shape index (κ2) is 9.20. The topological polar surface area (TPSA) is 105 Å². The second-order valence-electron chi connectivity index (χ2n) is 8.16. The number of hydroxylamine groups is 2. The molecule has 0 bridgehead atoms. The zero-order valence-electron chi connectivity index (χ0n) is 19.4. The number of aromatic nitrogens is 3. The van der Waals surface area contributed by atoms with Crippen LogP contribution in [-0.4, -0.2) is 39.0 Å². The third-order valence-electron chi connectivity index (χ3n) is 5.34. The second-order valence-corrected chi connectivity index (χ2v) is 10.2. The number of carbonyl (C=O) groups excluding carboxylic acids is 1. The van der Waals surface area contributed by atoms with Gasteiger partial charge in [-0.2, -0.15) is 5.06 Å². The van der Waals surface area contributed by atoms with E-state index in [9.17, 15) is 19.2 Å².